The van der Waals surface area contributed by atoms with Gasteiger partial charge in [-0.2, -0.15) is 0 Å². The van der Waals surface area contributed by atoms with Crippen LogP contribution < -0.4 is 5.73 Å². The Kier molecular flexibility index (Phi) is 4.75. The molecule has 0 saturated carbocycles. The first-order valence-corrected chi connectivity index (χ1v) is 4.90. The van der Waals surface area contributed by atoms with Crippen molar-refractivity contribution >= 4 is 17.2 Å². The molecule has 2 rings (SSSR count). The number of benzene rings is 1. The van der Waals surface area contributed by atoms with Crippen LogP contribution in [-0.4, -0.2) is 9.91 Å². The lowest BCUT2D eigenvalue weighted by molar-refractivity contribution is -0.383. The van der Waals surface area contributed by atoms with Gasteiger partial charge in [0, 0.05) is 18.3 Å². The summed E-state index contributed by atoms with van der Waals surface area (Å²) in [5.41, 5.74) is 5.02. The summed E-state index contributed by atoms with van der Waals surface area (Å²) in [5.74, 6) is 0.572. The van der Waals surface area contributed by atoms with Gasteiger partial charge in [-0.3, -0.25) is 10.1 Å². The summed E-state index contributed by atoms with van der Waals surface area (Å²) in [6.07, 6.45) is 1.66. The Labute approximate surface area is 103 Å². The van der Waals surface area contributed by atoms with Gasteiger partial charge >= 0.3 is 11.4 Å². The molecule has 0 fully saturated rings. The second kappa shape index (κ2) is 6.55. The van der Waals surface area contributed by atoms with Gasteiger partial charge in [0.15, 0.2) is 4.98 Å². The quantitative estimate of drug-likeness (QED) is 0.471. The van der Waals surface area contributed by atoms with E-state index in [0.717, 1.165) is 0 Å². The summed E-state index contributed by atoms with van der Waals surface area (Å²) < 4.78 is 0. The number of hydrogen-bond donors (Lipinski definition) is 1. The van der Waals surface area contributed by atoms with Crippen LogP contribution in [0.25, 0.3) is 4.98 Å². The summed E-state index contributed by atoms with van der Waals surface area (Å²) in [6, 6.07) is 11.1. The lowest BCUT2D eigenvalue weighted by atomic mass is 10.3. The van der Waals surface area contributed by atoms with E-state index in [9.17, 15) is 10.1 Å². The molecule has 0 saturated heterocycles. The van der Waals surface area contributed by atoms with Crippen molar-refractivity contribution in [3.63, 3.8) is 0 Å². The molecule has 0 aliphatic rings. The minimum Gasteiger partial charge on any atom is -0.384 e. The summed E-state index contributed by atoms with van der Waals surface area (Å²) in [5, 5.41) is 18.5. The number of anilines is 1. The van der Waals surface area contributed by atoms with Crippen molar-refractivity contribution in [2.75, 3.05) is 5.73 Å². The van der Waals surface area contributed by atoms with E-state index in [1.807, 2.05) is 12.1 Å². The van der Waals surface area contributed by atoms with E-state index in [-0.39, 0.29) is 11.4 Å². The number of nitro benzene ring substituents is 1. The minimum absolute atomic E-state index is 0.0301. The van der Waals surface area contributed by atoms with Crippen LogP contribution in [0.15, 0.2) is 48.7 Å². The van der Waals surface area contributed by atoms with Crippen LogP contribution in [0.1, 0.15) is 0 Å². The fourth-order valence-corrected chi connectivity index (χ4v) is 1.08. The molecule has 0 aliphatic carbocycles. The number of nitrogens with zero attached hydrogens (tertiary/aromatic N) is 4. The Hall–Kier alpha value is -3.01. The number of diazo groups is 1. The van der Waals surface area contributed by atoms with Crippen molar-refractivity contribution in [3.8, 4) is 0 Å². The number of nitrogen functional groups attached to an aromatic ring is 1. The monoisotopic (exact) mass is 244 g/mol. The van der Waals surface area contributed by atoms with E-state index in [1.165, 1.54) is 18.2 Å². The third-order valence-corrected chi connectivity index (χ3v) is 1.87. The van der Waals surface area contributed by atoms with Gasteiger partial charge in [0.05, 0.1) is 4.92 Å². The maximum atomic E-state index is 10.2. The number of para-hydroxylation sites is 1. The average Bonchev–Trinajstić information content (AvgIpc) is 2.40. The maximum Gasteiger partial charge on any atom is 0.461 e. The molecular weight excluding hydrogens is 234 g/mol. The molecule has 2 aromatic rings. The Bertz CT molecular complexity index is 565. The molecule has 0 aliphatic heterocycles. The van der Waals surface area contributed by atoms with Crippen molar-refractivity contribution in [2.45, 2.75) is 0 Å². The van der Waals surface area contributed by atoms with Gasteiger partial charge in [-0.1, -0.05) is 18.2 Å². The molecule has 90 valence electrons. The molecule has 0 bridgehead atoms. The lowest BCUT2D eigenvalue weighted by Crippen LogP contribution is -1.86. The molecule has 0 radical (unpaired) electrons. The number of rotatable bonds is 1. The highest BCUT2D eigenvalue weighted by Gasteiger charge is 2.22. The van der Waals surface area contributed by atoms with E-state index in [0.29, 0.717) is 5.82 Å². The lowest BCUT2D eigenvalue weighted by Gasteiger charge is -1.83. The highest BCUT2D eigenvalue weighted by atomic mass is 16.6. The molecule has 1 heterocycles. The molecule has 1 aromatic heterocycles. The Balaban J connectivity index is 0.000000199. The normalized spacial score (nSPS) is 8.61. The van der Waals surface area contributed by atoms with Crippen LogP contribution in [-0.2, 0) is 0 Å². The van der Waals surface area contributed by atoms with Gasteiger partial charge in [-0.25, -0.2) is 4.98 Å². The van der Waals surface area contributed by atoms with Gasteiger partial charge in [-0.05, 0) is 12.1 Å². The molecule has 7 heteroatoms. The summed E-state index contributed by atoms with van der Waals surface area (Å²) in [7, 11) is 0. The Morgan fingerprint density at radius 1 is 1.22 bits per heavy atom. The molecule has 0 atom stereocenters. The van der Waals surface area contributed by atoms with Gasteiger partial charge in [-0.15, -0.1) is 0 Å². The summed E-state index contributed by atoms with van der Waals surface area (Å²) in [6.45, 7) is 0. The second-order valence-corrected chi connectivity index (χ2v) is 3.10. The standard InChI is InChI=1S/C6H4N3O2.C5H6N2/c7-8-5-3-1-2-4-6(5)9(10)11;6-5-3-1-2-4-7-5/h1-4H;1-4H,(H2,6,7)/q+1;. The highest BCUT2D eigenvalue weighted by molar-refractivity contribution is 5.61. The summed E-state index contributed by atoms with van der Waals surface area (Å²) in [4.78, 5) is 16.1. The van der Waals surface area contributed by atoms with E-state index in [1.54, 1.807) is 18.3 Å². The number of nitrogens with two attached hydrogens (primary N) is 1. The predicted molar refractivity (Wildman–Crippen MR) is 66.5 cm³/mol. The van der Waals surface area contributed by atoms with E-state index < -0.39 is 4.92 Å². The zero-order chi connectivity index (χ0) is 13.4. The Morgan fingerprint density at radius 3 is 2.28 bits per heavy atom. The van der Waals surface area contributed by atoms with Crippen molar-refractivity contribution in [2.24, 2.45) is 0 Å². The third kappa shape index (κ3) is 3.86. The molecule has 7 nitrogen and oxygen atoms in total. The fourth-order valence-electron chi connectivity index (χ4n) is 1.08. The first-order chi connectivity index (χ1) is 8.65. The largest absolute Gasteiger partial charge is 0.461 e. The molecule has 2 N–H and O–H groups in total. The number of aromatic nitrogens is 1. The summed E-state index contributed by atoms with van der Waals surface area (Å²) >= 11 is 0. The van der Waals surface area contributed by atoms with Gasteiger partial charge in [0.2, 0.25) is 5.39 Å². The molecule has 1 aromatic carbocycles. The Morgan fingerprint density at radius 2 is 1.89 bits per heavy atom. The first-order valence-electron chi connectivity index (χ1n) is 4.90. The van der Waals surface area contributed by atoms with Crippen molar-refractivity contribution < 1.29 is 4.92 Å². The van der Waals surface area contributed by atoms with Crippen LogP contribution >= 0.6 is 0 Å². The van der Waals surface area contributed by atoms with E-state index >= 15 is 0 Å². The van der Waals surface area contributed by atoms with Crippen molar-refractivity contribution in [1.82, 2.24) is 4.98 Å². The second-order valence-electron chi connectivity index (χ2n) is 3.10. The highest BCUT2D eigenvalue weighted by Crippen LogP contribution is 2.25. The average molecular weight is 244 g/mol. The van der Waals surface area contributed by atoms with Crippen LogP contribution in [0.2, 0.25) is 0 Å². The van der Waals surface area contributed by atoms with Crippen LogP contribution in [0.4, 0.5) is 17.2 Å². The van der Waals surface area contributed by atoms with Crippen molar-refractivity contribution in [3.05, 3.63) is 63.8 Å². The van der Waals surface area contributed by atoms with Gasteiger partial charge < -0.3 is 5.73 Å². The van der Waals surface area contributed by atoms with Gasteiger partial charge in [0.25, 0.3) is 0 Å². The molecule has 0 spiro atoms. The smallest absolute Gasteiger partial charge is 0.384 e. The molecule has 0 amide bonds. The predicted octanol–water partition coefficient (Wildman–Crippen LogP) is 2.74. The fraction of sp³-hybridized carbons (Fsp3) is 0. The van der Waals surface area contributed by atoms with E-state index in [2.05, 4.69) is 9.96 Å². The molecule has 18 heavy (non-hydrogen) atoms. The maximum absolute atomic E-state index is 10.2. The minimum atomic E-state index is -0.602. The van der Waals surface area contributed by atoms with Gasteiger partial charge in [0.1, 0.15) is 5.82 Å². The zero-order valence-corrected chi connectivity index (χ0v) is 9.30. The molecular formula is C11H10N5O2+. The zero-order valence-electron chi connectivity index (χ0n) is 9.30. The topological polar surface area (TPSA) is 110 Å². The SMILES string of the molecule is N#[N+]c1ccccc1[N+](=O)[O-].Nc1ccccn1. The first kappa shape index (κ1) is 13.1. The van der Waals surface area contributed by atoms with Crippen LogP contribution in [0.3, 0.4) is 0 Å². The number of pyridine rings is 1. The molecule has 0 unspecified atom stereocenters. The number of nitro groups is 1. The van der Waals surface area contributed by atoms with Crippen molar-refractivity contribution in [1.29, 1.82) is 5.39 Å². The number of hydrogen-bond acceptors (Lipinski definition) is 5. The third-order valence-electron chi connectivity index (χ3n) is 1.87. The van der Waals surface area contributed by atoms with Crippen LogP contribution in [0.5, 0.6) is 0 Å². The van der Waals surface area contributed by atoms with Crippen LogP contribution in [0, 0.1) is 15.5 Å². The van der Waals surface area contributed by atoms with E-state index in [4.69, 9.17) is 11.1 Å².